The van der Waals surface area contributed by atoms with Crippen LogP contribution < -0.4 is 11.3 Å². The van der Waals surface area contributed by atoms with Crippen LogP contribution in [0.1, 0.15) is 25.3 Å². The smallest absolute Gasteiger partial charge is 0.0488 e. The van der Waals surface area contributed by atoms with Crippen LogP contribution in [-0.2, 0) is 11.2 Å². The van der Waals surface area contributed by atoms with E-state index in [4.69, 9.17) is 10.6 Å². The van der Waals surface area contributed by atoms with Crippen molar-refractivity contribution in [3.63, 3.8) is 0 Å². The van der Waals surface area contributed by atoms with Crippen LogP contribution in [-0.4, -0.2) is 19.8 Å². The van der Waals surface area contributed by atoms with Crippen LogP contribution in [0.2, 0.25) is 0 Å². The number of hydrogen-bond acceptors (Lipinski definition) is 4. The van der Waals surface area contributed by atoms with E-state index in [9.17, 15) is 0 Å². The van der Waals surface area contributed by atoms with E-state index in [1.807, 2.05) is 0 Å². The van der Waals surface area contributed by atoms with Gasteiger partial charge in [-0.3, -0.25) is 11.3 Å². The minimum absolute atomic E-state index is 0.380. The van der Waals surface area contributed by atoms with Crippen molar-refractivity contribution in [2.75, 3.05) is 13.7 Å². The van der Waals surface area contributed by atoms with Gasteiger partial charge in [0, 0.05) is 19.8 Å². The average Bonchev–Trinajstić information content (AvgIpc) is 2.77. The average molecular weight is 242 g/mol. The summed E-state index contributed by atoms with van der Waals surface area (Å²) in [5, 5.41) is 4.32. The Hall–Kier alpha value is -0.420. The number of methoxy groups -OCH3 is 1. The fourth-order valence-corrected chi connectivity index (χ4v) is 2.59. The van der Waals surface area contributed by atoms with Crippen molar-refractivity contribution in [2.45, 2.75) is 32.2 Å². The van der Waals surface area contributed by atoms with Crippen molar-refractivity contribution in [3.05, 3.63) is 22.4 Å². The van der Waals surface area contributed by atoms with Gasteiger partial charge in [0.2, 0.25) is 0 Å². The summed E-state index contributed by atoms with van der Waals surface area (Å²) in [7, 11) is 1.74. The maximum absolute atomic E-state index is 5.57. The molecule has 0 spiro atoms. The van der Waals surface area contributed by atoms with Gasteiger partial charge in [0.25, 0.3) is 0 Å². The van der Waals surface area contributed by atoms with E-state index in [1.165, 1.54) is 5.56 Å². The molecule has 0 aliphatic heterocycles. The first-order valence-electron chi connectivity index (χ1n) is 5.72. The highest BCUT2D eigenvalue weighted by Crippen LogP contribution is 2.14. The molecule has 0 amide bonds. The second-order valence-electron chi connectivity index (χ2n) is 4.33. The molecule has 0 aromatic carbocycles. The molecule has 4 heteroatoms. The number of nitrogens with two attached hydrogens (primary N) is 1. The maximum atomic E-state index is 5.57. The van der Waals surface area contributed by atoms with E-state index in [-0.39, 0.29) is 0 Å². The lowest BCUT2D eigenvalue weighted by Gasteiger charge is -2.19. The van der Waals surface area contributed by atoms with E-state index in [0.29, 0.717) is 12.0 Å². The first kappa shape index (κ1) is 13.6. The quantitative estimate of drug-likeness (QED) is 0.542. The van der Waals surface area contributed by atoms with Gasteiger partial charge in [-0.15, -0.1) is 0 Å². The minimum Gasteiger partial charge on any atom is -0.384 e. The fraction of sp³-hybridized carbons (Fsp3) is 0.667. The Balaban J connectivity index is 2.26. The molecule has 2 atom stereocenters. The lowest BCUT2D eigenvalue weighted by atomic mass is 9.98. The molecule has 0 fully saturated rings. The number of aryl methyl sites for hydroxylation is 1. The molecule has 3 N–H and O–H groups in total. The highest BCUT2D eigenvalue weighted by atomic mass is 32.1. The van der Waals surface area contributed by atoms with Gasteiger partial charge in [0.05, 0.1) is 0 Å². The van der Waals surface area contributed by atoms with Crippen LogP contribution in [0.4, 0.5) is 0 Å². The summed E-state index contributed by atoms with van der Waals surface area (Å²) in [6.45, 7) is 3.00. The lowest BCUT2D eigenvalue weighted by Crippen LogP contribution is -2.37. The fourth-order valence-electron chi connectivity index (χ4n) is 1.88. The third-order valence-corrected chi connectivity index (χ3v) is 3.47. The summed E-state index contributed by atoms with van der Waals surface area (Å²) < 4.78 is 5.13. The largest absolute Gasteiger partial charge is 0.384 e. The molecular weight excluding hydrogens is 220 g/mol. The topological polar surface area (TPSA) is 47.3 Å². The number of rotatable bonds is 8. The highest BCUT2D eigenvalue weighted by molar-refractivity contribution is 7.07. The SMILES string of the molecule is COCC(C)CC(CCc1ccsc1)NN. The molecule has 0 bridgehead atoms. The number of hydrogen-bond donors (Lipinski definition) is 2. The number of nitrogens with one attached hydrogen (secondary N) is 1. The second-order valence-corrected chi connectivity index (χ2v) is 5.11. The summed E-state index contributed by atoms with van der Waals surface area (Å²) in [6, 6.07) is 2.56. The molecular formula is C12H22N2OS. The molecule has 2 unspecified atom stereocenters. The van der Waals surface area contributed by atoms with Crippen LogP contribution in [0.5, 0.6) is 0 Å². The van der Waals surface area contributed by atoms with E-state index < -0.39 is 0 Å². The molecule has 16 heavy (non-hydrogen) atoms. The first-order chi connectivity index (χ1) is 7.76. The molecule has 0 saturated heterocycles. The Morgan fingerprint density at radius 3 is 2.94 bits per heavy atom. The van der Waals surface area contributed by atoms with Gasteiger partial charge in [0.15, 0.2) is 0 Å². The Kier molecular flexibility index (Phi) is 6.64. The molecule has 3 nitrogen and oxygen atoms in total. The monoisotopic (exact) mass is 242 g/mol. The predicted octanol–water partition coefficient (Wildman–Crippen LogP) is 2.19. The Morgan fingerprint density at radius 1 is 1.56 bits per heavy atom. The molecule has 1 heterocycles. The van der Waals surface area contributed by atoms with E-state index in [1.54, 1.807) is 18.4 Å². The number of hydrazine groups is 1. The van der Waals surface area contributed by atoms with Crippen molar-refractivity contribution in [1.29, 1.82) is 0 Å². The molecule has 0 aliphatic carbocycles. The number of thiophene rings is 1. The highest BCUT2D eigenvalue weighted by Gasteiger charge is 2.11. The molecule has 1 aromatic rings. The standard InChI is InChI=1S/C12H22N2OS/c1-10(8-15-2)7-12(14-13)4-3-11-5-6-16-9-11/h5-6,9-10,12,14H,3-4,7-8,13H2,1-2H3. The Morgan fingerprint density at radius 2 is 2.38 bits per heavy atom. The first-order valence-corrected chi connectivity index (χ1v) is 6.66. The van der Waals surface area contributed by atoms with E-state index in [2.05, 4.69) is 29.2 Å². The van der Waals surface area contributed by atoms with Crippen LogP contribution in [0.15, 0.2) is 16.8 Å². The van der Waals surface area contributed by atoms with Crippen LogP contribution in [0.3, 0.4) is 0 Å². The van der Waals surface area contributed by atoms with Crippen LogP contribution in [0.25, 0.3) is 0 Å². The number of ether oxygens (including phenoxy) is 1. The maximum Gasteiger partial charge on any atom is 0.0488 e. The third-order valence-electron chi connectivity index (χ3n) is 2.74. The van der Waals surface area contributed by atoms with Crippen molar-refractivity contribution in [1.82, 2.24) is 5.43 Å². The molecule has 0 saturated carbocycles. The van der Waals surface area contributed by atoms with Crippen molar-refractivity contribution in [2.24, 2.45) is 11.8 Å². The third kappa shape index (κ3) is 5.07. The van der Waals surface area contributed by atoms with Crippen molar-refractivity contribution in [3.8, 4) is 0 Å². The Labute approximate surface area is 102 Å². The molecule has 0 aliphatic rings. The van der Waals surface area contributed by atoms with E-state index in [0.717, 1.165) is 25.9 Å². The molecule has 1 rings (SSSR count). The predicted molar refractivity (Wildman–Crippen MR) is 69.4 cm³/mol. The zero-order chi connectivity index (χ0) is 11.8. The molecule has 1 aromatic heterocycles. The summed E-state index contributed by atoms with van der Waals surface area (Å²) in [5.74, 6) is 6.12. The molecule has 0 radical (unpaired) electrons. The van der Waals surface area contributed by atoms with Gasteiger partial charge in [-0.2, -0.15) is 11.3 Å². The van der Waals surface area contributed by atoms with Gasteiger partial charge in [-0.25, -0.2) is 0 Å². The summed E-state index contributed by atoms with van der Waals surface area (Å²) in [4.78, 5) is 0. The van der Waals surface area contributed by atoms with Crippen molar-refractivity contribution < 1.29 is 4.74 Å². The van der Waals surface area contributed by atoms with Crippen molar-refractivity contribution >= 4 is 11.3 Å². The van der Waals surface area contributed by atoms with Crippen LogP contribution in [0, 0.1) is 5.92 Å². The van der Waals surface area contributed by atoms with Gasteiger partial charge in [-0.1, -0.05) is 6.92 Å². The lowest BCUT2D eigenvalue weighted by molar-refractivity contribution is 0.148. The minimum atomic E-state index is 0.380. The second kappa shape index (κ2) is 7.79. The van der Waals surface area contributed by atoms with Gasteiger partial charge < -0.3 is 4.74 Å². The van der Waals surface area contributed by atoms with Gasteiger partial charge in [0.1, 0.15) is 0 Å². The normalized spacial score (nSPS) is 14.9. The van der Waals surface area contributed by atoms with Crippen LogP contribution >= 0.6 is 11.3 Å². The van der Waals surface area contributed by atoms with Gasteiger partial charge in [-0.05, 0) is 47.6 Å². The zero-order valence-corrected chi connectivity index (χ0v) is 10.9. The Bertz CT molecular complexity index is 264. The zero-order valence-electron chi connectivity index (χ0n) is 10.1. The summed E-state index contributed by atoms with van der Waals surface area (Å²) in [5.41, 5.74) is 4.31. The summed E-state index contributed by atoms with van der Waals surface area (Å²) in [6.07, 6.45) is 3.24. The van der Waals surface area contributed by atoms with Gasteiger partial charge >= 0.3 is 0 Å². The van der Waals surface area contributed by atoms with E-state index >= 15 is 0 Å². The molecule has 92 valence electrons. The summed E-state index contributed by atoms with van der Waals surface area (Å²) >= 11 is 1.75.